The minimum Gasteiger partial charge on any atom is -0.496 e. The molecule has 1 aliphatic rings. The summed E-state index contributed by atoms with van der Waals surface area (Å²) in [5.74, 6) is 1.79. The average Bonchev–Trinajstić information content (AvgIpc) is 2.45. The zero-order chi connectivity index (χ0) is 12.8. The first-order chi connectivity index (χ1) is 8.83. The Bertz CT molecular complexity index is 373. The number of ether oxygens (including phenoxy) is 1. The predicted molar refractivity (Wildman–Crippen MR) is 76.5 cm³/mol. The average molecular weight is 248 g/mol. The normalized spacial score (nSPS) is 16.6. The van der Waals surface area contributed by atoms with Gasteiger partial charge in [-0.3, -0.25) is 0 Å². The molecule has 1 saturated heterocycles. The molecule has 0 bridgehead atoms. The first kappa shape index (κ1) is 13.2. The molecule has 0 amide bonds. The Morgan fingerprint density at radius 1 is 1.33 bits per heavy atom. The van der Waals surface area contributed by atoms with Crippen molar-refractivity contribution in [1.82, 2.24) is 5.32 Å². The number of methoxy groups -OCH3 is 1. The molecule has 2 N–H and O–H groups in total. The van der Waals surface area contributed by atoms with Gasteiger partial charge in [-0.15, -0.1) is 0 Å². The Labute approximate surface area is 110 Å². The largest absolute Gasteiger partial charge is 0.496 e. The maximum absolute atomic E-state index is 5.35. The summed E-state index contributed by atoms with van der Waals surface area (Å²) in [7, 11) is 1.73. The minimum atomic E-state index is 0.804. The van der Waals surface area contributed by atoms with Crippen LogP contribution in [0.15, 0.2) is 18.2 Å². The number of nitrogens with one attached hydrogen (secondary N) is 2. The van der Waals surface area contributed by atoms with Crippen LogP contribution in [0, 0.1) is 5.92 Å². The van der Waals surface area contributed by atoms with Crippen molar-refractivity contribution in [3.05, 3.63) is 23.8 Å². The van der Waals surface area contributed by atoms with Crippen molar-refractivity contribution in [2.24, 2.45) is 5.92 Å². The van der Waals surface area contributed by atoms with Crippen LogP contribution in [0.4, 0.5) is 5.69 Å². The SMILES string of the molecule is CCc1cc(NCC2CCNCC2)ccc1OC. The zero-order valence-corrected chi connectivity index (χ0v) is 11.5. The molecule has 3 heteroatoms. The Balaban J connectivity index is 1.92. The van der Waals surface area contributed by atoms with Crippen LogP contribution in [0.25, 0.3) is 0 Å². The highest BCUT2D eigenvalue weighted by Crippen LogP contribution is 2.23. The minimum absolute atomic E-state index is 0.804. The lowest BCUT2D eigenvalue weighted by atomic mass is 9.98. The fourth-order valence-corrected chi connectivity index (χ4v) is 2.51. The van der Waals surface area contributed by atoms with Gasteiger partial charge in [-0.1, -0.05) is 6.92 Å². The lowest BCUT2D eigenvalue weighted by Crippen LogP contribution is -2.31. The van der Waals surface area contributed by atoms with Gasteiger partial charge < -0.3 is 15.4 Å². The van der Waals surface area contributed by atoms with Crippen LogP contribution in [0.5, 0.6) is 5.75 Å². The Morgan fingerprint density at radius 2 is 2.11 bits per heavy atom. The molecular formula is C15H24N2O. The summed E-state index contributed by atoms with van der Waals surface area (Å²) in [4.78, 5) is 0. The number of benzene rings is 1. The van der Waals surface area contributed by atoms with E-state index in [0.29, 0.717) is 0 Å². The summed E-state index contributed by atoms with van der Waals surface area (Å²) in [6.45, 7) is 5.57. The maximum Gasteiger partial charge on any atom is 0.122 e. The maximum atomic E-state index is 5.35. The van der Waals surface area contributed by atoms with Gasteiger partial charge in [0.15, 0.2) is 0 Å². The zero-order valence-electron chi connectivity index (χ0n) is 11.5. The van der Waals surface area contributed by atoms with Gasteiger partial charge in [0.2, 0.25) is 0 Å². The number of rotatable bonds is 5. The van der Waals surface area contributed by atoms with Crippen LogP contribution in [0.1, 0.15) is 25.3 Å². The third kappa shape index (κ3) is 3.39. The molecule has 1 aromatic rings. The number of aryl methyl sites for hydroxylation is 1. The van der Waals surface area contributed by atoms with E-state index in [4.69, 9.17) is 4.74 Å². The smallest absolute Gasteiger partial charge is 0.122 e. The second kappa shape index (κ2) is 6.64. The van der Waals surface area contributed by atoms with E-state index in [9.17, 15) is 0 Å². The van der Waals surface area contributed by atoms with Crippen molar-refractivity contribution in [2.75, 3.05) is 32.1 Å². The van der Waals surface area contributed by atoms with Crippen molar-refractivity contribution in [3.63, 3.8) is 0 Å². The lowest BCUT2D eigenvalue weighted by Gasteiger charge is -2.23. The van der Waals surface area contributed by atoms with Gasteiger partial charge in [0.1, 0.15) is 5.75 Å². The van der Waals surface area contributed by atoms with Crippen LogP contribution in [-0.4, -0.2) is 26.7 Å². The molecule has 0 spiro atoms. The molecule has 0 unspecified atom stereocenters. The molecule has 3 nitrogen and oxygen atoms in total. The van der Waals surface area contributed by atoms with Crippen molar-refractivity contribution in [1.29, 1.82) is 0 Å². The van der Waals surface area contributed by atoms with Gasteiger partial charge in [-0.05, 0) is 62.0 Å². The highest BCUT2D eigenvalue weighted by Gasteiger charge is 2.12. The lowest BCUT2D eigenvalue weighted by molar-refractivity contribution is 0.390. The molecule has 0 aromatic heterocycles. The second-order valence-corrected chi connectivity index (χ2v) is 4.95. The van der Waals surface area contributed by atoms with Crippen molar-refractivity contribution < 1.29 is 4.74 Å². The Morgan fingerprint density at radius 3 is 2.78 bits per heavy atom. The first-order valence-corrected chi connectivity index (χ1v) is 6.95. The Kier molecular flexibility index (Phi) is 4.88. The van der Waals surface area contributed by atoms with Crippen LogP contribution in [-0.2, 0) is 6.42 Å². The standard InChI is InChI=1S/C15H24N2O/c1-3-13-10-14(4-5-15(13)18-2)17-11-12-6-8-16-9-7-12/h4-5,10,12,16-17H,3,6-9,11H2,1-2H3. The van der Waals surface area contributed by atoms with Gasteiger partial charge in [0.25, 0.3) is 0 Å². The van der Waals surface area contributed by atoms with Crippen molar-refractivity contribution >= 4 is 5.69 Å². The van der Waals surface area contributed by atoms with E-state index in [1.807, 2.05) is 0 Å². The second-order valence-electron chi connectivity index (χ2n) is 4.95. The molecule has 0 saturated carbocycles. The number of anilines is 1. The Hall–Kier alpha value is -1.22. The van der Waals surface area contributed by atoms with Gasteiger partial charge in [0.05, 0.1) is 7.11 Å². The van der Waals surface area contributed by atoms with E-state index < -0.39 is 0 Å². The number of hydrogen-bond donors (Lipinski definition) is 2. The highest BCUT2D eigenvalue weighted by molar-refractivity contribution is 5.51. The molecule has 0 radical (unpaired) electrons. The fourth-order valence-electron chi connectivity index (χ4n) is 2.51. The molecule has 18 heavy (non-hydrogen) atoms. The summed E-state index contributed by atoms with van der Waals surface area (Å²) < 4.78 is 5.35. The van der Waals surface area contributed by atoms with Crippen molar-refractivity contribution in [3.8, 4) is 5.75 Å². The third-order valence-electron chi connectivity index (χ3n) is 3.71. The molecule has 0 aliphatic carbocycles. The molecule has 1 aromatic carbocycles. The van der Waals surface area contributed by atoms with Gasteiger partial charge in [0, 0.05) is 12.2 Å². The van der Waals surface area contributed by atoms with Gasteiger partial charge in [-0.25, -0.2) is 0 Å². The highest BCUT2D eigenvalue weighted by atomic mass is 16.5. The third-order valence-corrected chi connectivity index (χ3v) is 3.71. The number of piperidine rings is 1. The van der Waals surface area contributed by atoms with Crippen LogP contribution in [0.3, 0.4) is 0 Å². The fraction of sp³-hybridized carbons (Fsp3) is 0.600. The molecule has 0 atom stereocenters. The summed E-state index contributed by atoms with van der Waals surface area (Å²) in [6.07, 6.45) is 3.57. The van der Waals surface area contributed by atoms with E-state index in [-0.39, 0.29) is 0 Å². The molecule has 1 aliphatic heterocycles. The van der Waals surface area contributed by atoms with E-state index in [2.05, 4.69) is 35.8 Å². The topological polar surface area (TPSA) is 33.3 Å². The van der Waals surface area contributed by atoms with Crippen LogP contribution < -0.4 is 15.4 Å². The van der Waals surface area contributed by atoms with Crippen LogP contribution >= 0.6 is 0 Å². The van der Waals surface area contributed by atoms with E-state index >= 15 is 0 Å². The first-order valence-electron chi connectivity index (χ1n) is 6.95. The monoisotopic (exact) mass is 248 g/mol. The summed E-state index contributed by atoms with van der Waals surface area (Å²) >= 11 is 0. The molecule has 1 fully saturated rings. The summed E-state index contributed by atoms with van der Waals surface area (Å²) in [5.41, 5.74) is 2.49. The van der Waals surface area contributed by atoms with E-state index in [1.54, 1.807) is 7.11 Å². The van der Waals surface area contributed by atoms with E-state index in [1.165, 1.54) is 24.1 Å². The van der Waals surface area contributed by atoms with Gasteiger partial charge >= 0.3 is 0 Å². The van der Waals surface area contributed by atoms with E-state index in [0.717, 1.165) is 37.7 Å². The molecule has 2 rings (SSSR count). The summed E-state index contributed by atoms with van der Waals surface area (Å²) in [6, 6.07) is 6.38. The molecule has 1 heterocycles. The van der Waals surface area contributed by atoms with Gasteiger partial charge in [-0.2, -0.15) is 0 Å². The van der Waals surface area contributed by atoms with Crippen molar-refractivity contribution in [2.45, 2.75) is 26.2 Å². The molecule has 100 valence electrons. The quantitative estimate of drug-likeness (QED) is 0.840. The number of hydrogen-bond acceptors (Lipinski definition) is 3. The molecular weight excluding hydrogens is 224 g/mol. The summed E-state index contributed by atoms with van der Waals surface area (Å²) in [5, 5.41) is 6.96. The predicted octanol–water partition coefficient (Wildman–Crippen LogP) is 2.67. The van der Waals surface area contributed by atoms with Crippen LogP contribution in [0.2, 0.25) is 0 Å².